The molecule has 2 heteroatoms. The average molecular weight is 309 g/mol. The van der Waals surface area contributed by atoms with Crippen LogP contribution in [0.25, 0.3) is 0 Å². The molecule has 1 aliphatic rings. The third-order valence-electron chi connectivity index (χ3n) is 4.93. The van der Waals surface area contributed by atoms with Gasteiger partial charge in [0.1, 0.15) is 6.17 Å². The summed E-state index contributed by atoms with van der Waals surface area (Å²) in [5.74, 6) is 0. The minimum atomic E-state index is 0.626. The third-order valence-corrected chi connectivity index (χ3v) is 4.93. The van der Waals surface area contributed by atoms with Crippen molar-refractivity contribution in [1.29, 1.82) is 0 Å². The van der Waals surface area contributed by atoms with Crippen LogP contribution in [0.2, 0.25) is 0 Å². The maximum Gasteiger partial charge on any atom is 0.100 e. The second-order valence-electron chi connectivity index (χ2n) is 7.01. The van der Waals surface area contributed by atoms with Gasteiger partial charge in [-0.25, -0.2) is 0 Å². The van der Waals surface area contributed by atoms with Gasteiger partial charge < -0.3 is 9.80 Å². The molecule has 0 spiro atoms. The summed E-state index contributed by atoms with van der Waals surface area (Å²) in [5.41, 5.74) is 0. The second-order valence-corrected chi connectivity index (χ2v) is 7.01. The standard InChI is InChI=1S/C20H40N2/c1-4-6-8-10-11-12-13-15-17-22-19-18-21(3)20(22)16-14-9-7-5-2/h18-20H,4-17H2,1-3H3. The Bertz CT molecular complexity index is 275. The van der Waals surface area contributed by atoms with Gasteiger partial charge in [-0.2, -0.15) is 0 Å². The molecule has 0 saturated carbocycles. The first kappa shape index (κ1) is 19.4. The zero-order chi connectivity index (χ0) is 16.0. The van der Waals surface area contributed by atoms with Gasteiger partial charge in [-0.1, -0.05) is 78.1 Å². The van der Waals surface area contributed by atoms with Gasteiger partial charge in [0.05, 0.1) is 0 Å². The quantitative estimate of drug-likeness (QED) is 0.355. The van der Waals surface area contributed by atoms with E-state index in [1.54, 1.807) is 0 Å². The predicted octanol–water partition coefficient (Wildman–Crippen LogP) is 6.14. The lowest BCUT2D eigenvalue weighted by Crippen LogP contribution is -2.37. The highest BCUT2D eigenvalue weighted by Crippen LogP contribution is 2.21. The van der Waals surface area contributed by atoms with Gasteiger partial charge >= 0.3 is 0 Å². The molecule has 0 bridgehead atoms. The molecule has 0 aromatic heterocycles. The predicted molar refractivity (Wildman–Crippen MR) is 98.8 cm³/mol. The SMILES string of the molecule is CCCCCCCCCCN1C=CN(C)C1CCCCCC. The monoisotopic (exact) mass is 308 g/mol. The fourth-order valence-corrected chi connectivity index (χ4v) is 3.40. The first-order valence-electron chi connectivity index (χ1n) is 9.95. The van der Waals surface area contributed by atoms with Crippen LogP contribution in [0.5, 0.6) is 0 Å². The van der Waals surface area contributed by atoms with E-state index in [0.29, 0.717) is 6.17 Å². The fourth-order valence-electron chi connectivity index (χ4n) is 3.40. The molecular formula is C20H40N2. The van der Waals surface area contributed by atoms with Crippen molar-refractivity contribution < 1.29 is 0 Å². The van der Waals surface area contributed by atoms with Gasteiger partial charge in [0.15, 0.2) is 0 Å². The topological polar surface area (TPSA) is 6.48 Å². The van der Waals surface area contributed by atoms with Crippen LogP contribution in [0.4, 0.5) is 0 Å². The Morgan fingerprint density at radius 1 is 0.682 bits per heavy atom. The minimum Gasteiger partial charge on any atom is -0.359 e. The highest BCUT2D eigenvalue weighted by Gasteiger charge is 2.22. The lowest BCUT2D eigenvalue weighted by atomic mass is 10.1. The number of nitrogens with zero attached hydrogens (tertiary/aromatic N) is 2. The highest BCUT2D eigenvalue weighted by molar-refractivity contribution is 4.95. The lowest BCUT2D eigenvalue weighted by Gasteiger charge is -2.30. The molecule has 1 heterocycles. The Hall–Kier alpha value is -0.660. The first-order valence-corrected chi connectivity index (χ1v) is 9.95. The van der Waals surface area contributed by atoms with E-state index in [0.717, 1.165) is 0 Å². The molecule has 0 fully saturated rings. The molecule has 0 amide bonds. The Morgan fingerprint density at radius 2 is 1.23 bits per heavy atom. The number of rotatable bonds is 14. The van der Waals surface area contributed by atoms with Gasteiger partial charge in [0.25, 0.3) is 0 Å². The minimum absolute atomic E-state index is 0.626. The van der Waals surface area contributed by atoms with Crippen LogP contribution in [0.15, 0.2) is 12.4 Å². The molecule has 22 heavy (non-hydrogen) atoms. The molecule has 0 saturated heterocycles. The van der Waals surface area contributed by atoms with Gasteiger partial charge in [-0.05, 0) is 19.3 Å². The maximum atomic E-state index is 2.57. The van der Waals surface area contributed by atoms with Crippen LogP contribution in [-0.2, 0) is 0 Å². The Labute approximate surface area is 139 Å². The zero-order valence-electron chi connectivity index (χ0n) is 15.5. The lowest BCUT2D eigenvalue weighted by molar-refractivity contribution is 0.159. The average Bonchev–Trinajstić information content (AvgIpc) is 2.87. The van der Waals surface area contributed by atoms with Gasteiger partial charge in [-0.3, -0.25) is 0 Å². The van der Waals surface area contributed by atoms with Crippen molar-refractivity contribution in [3.63, 3.8) is 0 Å². The maximum absolute atomic E-state index is 2.57. The number of hydrogen-bond donors (Lipinski definition) is 0. The summed E-state index contributed by atoms with van der Waals surface area (Å²) in [6.07, 6.45) is 23.3. The molecule has 1 rings (SSSR count). The molecule has 0 aromatic carbocycles. The van der Waals surface area contributed by atoms with E-state index in [-0.39, 0.29) is 0 Å². The molecule has 1 atom stereocenters. The summed E-state index contributed by atoms with van der Waals surface area (Å²) < 4.78 is 0. The van der Waals surface area contributed by atoms with Crippen molar-refractivity contribution in [1.82, 2.24) is 9.80 Å². The van der Waals surface area contributed by atoms with E-state index in [1.807, 2.05) is 0 Å². The summed E-state index contributed by atoms with van der Waals surface area (Å²) >= 11 is 0. The normalized spacial score (nSPS) is 17.7. The Balaban J connectivity index is 2.06. The van der Waals surface area contributed by atoms with Crippen molar-refractivity contribution in [3.05, 3.63) is 12.4 Å². The molecule has 2 nitrogen and oxygen atoms in total. The smallest absolute Gasteiger partial charge is 0.100 e. The van der Waals surface area contributed by atoms with E-state index < -0.39 is 0 Å². The zero-order valence-corrected chi connectivity index (χ0v) is 15.5. The van der Waals surface area contributed by atoms with Crippen LogP contribution >= 0.6 is 0 Å². The highest BCUT2D eigenvalue weighted by atomic mass is 15.4. The summed E-state index contributed by atoms with van der Waals surface area (Å²) in [6, 6.07) is 0. The van der Waals surface area contributed by atoms with E-state index in [2.05, 4.69) is 43.1 Å². The number of hydrogen-bond acceptors (Lipinski definition) is 2. The molecule has 0 N–H and O–H groups in total. The summed E-state index contributed by atoms with van der Waals surface area (Å²) in [7, 11) is 2.23. The molecule has 130 valence electrons. The van der Waals surface area contributed by atoms with E-state index in [1.165, 1.54) is 90.0 Å². The first-order chi connectivity index (χ1) is 10.8. The van der Waals surface area contributed by atoms with Crippen LogP contribution in [0.3, 0.4) is 0 Å². The van der Waals surface area contributed by atoms with Crippen molar-refractivity contribution in [2.45, 2.75) is 103 Å². The summed E-state index contributed by atoms with van der Waals surface area (Å²) in [5, 5.41) is 0. The summed E-state index contributed by atoms with van der Waals surface area (Å²) in [4.78, 5) is 4.97. The van der Waals surface area contributed by atoms with Gasteiger partial charge in [0, 0.05) is 26.0 Å². The van der Waals surface area contributed by atoms with Crippen LogP contribution in [-0.4, -0.2) is 29.6 Å². The van der Waals surface area contributed by atoms with Crippen LogP contribution in [0.1, 0.15) is 97.3 Å². The van der Waals surface area contributed by atoms with Crippen molar-refractivity contribution >= 4 is 0 Å². The Kier molecular flexibility index (Phi) is 11.3. The van der Waals surface area contributed by atoms with E-state index >= 15 is 0 Å². The van der Waals surface area contributed by atoms with Gasteiger partial charge in [-0.15, -0.1) is 0 Å². The van der Waals surface area contributed by atoms with E-state index in [9.17, 15) is 0 Å². The van der Waals surface area contributed by atoms with Crippen LogP contribution < -0.4 is 0 Å². The number of unbranched alkanes of at least 4 members (excludes halogenated alkanes) is 10. The fraction of sp³-hybridized carbons (Fsp3) is 0.900. The molecule has 1 aliphatic heterocycles. The molecular weight excluding hydrogens is 268 g/mol. The largest absolute Gasteiger partial charge is 0.359 e. The summed E-state index contributed by atoms with van der Waals surface area (Å²) in [6.45, 7) is 5.82. The van der Waals surface area contributed by atoms with E-state index in [4.69, 9.17) is 0 Å². The van der Waals surface area contributed by atoms with Gasteiger partial charge in [0.2, 0.25) is 0 Å². The third kappa shape index (κ3) is 8.10. The molecule has 0 aliphatic carbocycles. The molecule has 1 unspecified atom stereocenters. The second kappa shape index (κ2) is 12.8. The molecule has 0 radical (unpaired) electrons. The Morgan fingerprint density at radius 3 is 1.86 bits per heavy atom. The van der Waals surface area contributed by atoms with Crippen molar-refractivity contribution in [2.24, 2.45) is 0 Å². The van der Waals surface area contributed by atoms with Crippen molar-refractivity contribution in [3.8, 4) is 0 Å². The molecule has 0 aromatic rings. The van der Waals surface area contributed by atoms with Crippen molar-refractivity contribution in [2.75, 3.05) is 13.6 Å². The van der Waals surface area contributed by atoms with Crippen LogP contribution in [0, 0.1) is 0 Å².